The zero-order valence-electron chi connectivity index (χ0n) is 15.2. The van der Waals surface area contributed by atoms with Crippen molar-refractivity contribution in [3.05, 3.63) is 42.4 Å². The van der Waals surface area contributed by atoms with Crippen LogP contribution in [0.15, 0.2) is 36.8 Å². The summed E-state index contributed by atoms with van der Waals surface area (Å²) in [6.07, 6.45) is 8.45. The summed E-state index contributed by atoms with van der Waals surface area (Å²) < 4.78 is 0. The number of aliphatic hydroxyl groups excluding tert-OH is 1. The lowest BCUT2D eigenvalue weighted by Crippen LogP contribution is -2.37. The van der Waals surface area contributed by atoms with Crippen LogP contribution in [-0.4, -0.2) is 44.2 Å². The van der Waals surface area contributed by atoms with E-state index in [4.69, 9.17) is 0 Å². The van der Waals surface area contributed by atoms with E-state index in [1.54, 1.807) is 6.20 Å². The fourth-order valence-electron chi connectivity index (χ4n) is 3.49. The van der Waals surface area contributed by atoms with Crippen LogP contribution in [0, 0.1) is 11.8 Å². The van der Waals surface area contributed by atoms with Crippen molar-refractivity contribution in [3.63, 3.8) is 0 Å². The normalized spacial score (nSPS) is 17.8. The SMILES string of the molecule is CC(C)C[C@H](O)C1CCN(Cc2cnc(-c3ccccn3)nc2)CC1. The van der Waals surface area contributed by atoms with Gasteiger partial charge in [0, 0.05) is 30.7 Å². The van der Waals surface area contributed by atoms with Gasteiger partial charge in [-0.1, -0.05) is 19.9 Å². The Morgan fingerprint density at radius 1 is 1.12 bits per heavy atom. The van der Waals surface area contributed by atoms with Crippen molar-refractivity contribution in [2.45, 2.75) is 45.8 Å². The minimum absolute atomic E-state index is 0.150. The summed E-state index contributed by atoms with van der Waals surface area (Å²) in [7, 11) is 0. The number of nitrogens with zero attached hydrogens (tertiary/aromatic N) is 4. The highest BCUT2D eigenvalue weighted by molar-refractivity contribution is 5.47. The first-order valence-corrected chi connectivity index (χ1v) is 9.24. The maximum atomic E-state index is 10.3. The third-order valence-electron chi connectivity index (χ3n) is 4.89. The van der Waals surface area contributed by atoms with Gasteiger partial charge in [-0.2, -0.15) is 0 Å². The second-order valence-electron chi connectivity index (χ2n) is 7.44. The van der Waals surface area contributed by atoms with Crippen LogP contribution in [-0.2, 0) is 6.54 Å². The monoisotopic (exact) mass is 340 g/mol. The summed E-state index contributed by atoms with van der Waals surface area (Å²) in [4.78, 5) is 15.6. The molecule has 1 N–H and O–H groups in total. The van der Waals surface area contributed by atoms with Gasteiger partial charge in [0.2, 0.25) is 0 Å². The second kappa shape index (κ2) is 8.50. The van der Waals surface area contributed by atoms with E-state index in [1.807, 2.05) is 30.6 Å². The van der Waals surface area contributed by atoms with Gasteiger partial charge in [0.1, 0.15) is 5.69 Å². The van der Waals surface area contributed by atoms with Crippen molar-refractivity contribution < 1.29 is 5.11 Å². The van der Waals surface area contributed by atoms with Crippen molar-refractivity contribution >= 4 is 0 Å². The van der Waals surface area contributed by atoms with E-state index in [2.05, 4.69) is 33.7 Å². The van der Waals surface area contributed by atoms with Gasteiger partial charge < -0.3 is 5.11 Å². The molecule has 2 aromatic heterocycles. The lowest BCUT2D eigenvalue weighted by atomic mass is 9.87. The molecule has 0 saturated carbocycles. The highest BCUT2D eigenvalue weighted by Gasteiger charge is 2.25. The summed E-state index contributed by atoms with van der Waals surface area (Å²) in [5.41, 5.74) is 1.93. The van der Waals surface area contributed by atoms with E-state index >= 15 is 0 Å². The number of hydrogen-bond acceptors (Lipinski definition) is 5. The summed E-state index contributed by atoms with van der Waals surface area (Å²) >= 11 is 0. The number of rotatable bonds is 6. The smallest absolute Gasteiger partial charge is 0.178 e. The van der Waals surface area contributed by atoms with Crippen LogP contribution in [0.25, 0.3) is 11.5 Å². The zero-order valence-corrected chi connectivity index (χ0v) is 15.2. The first-order valence-electron chi connectivity index (χ1n) is 9.24. The van der Waals surface area contributed by atoms with Gasteiger partial charge in [0.05, 0.1) is 6.10 Å². The number of hydrogen-bond donors (Lipinski definition) is 1. The first kappa shape index (κ1) is 18.0. The largest absolute Gasteiger partial charge is 0.393 e. The van der Waals surface area contributed by atoms with E-state index in [9.17, 15) is 5.11 Å². The third-order valence-corrected chi connectivity index (χ3v) is 4.89. The van der Waals surface area contributed by atoms with Gasteiger partial charge in [0.15, 0.2) is 5.82 Å². The van der Waals surface area contributed by atoms with E-state index in [1.165, 1.54) is 0 Å². The number of pyridine rings is 1. The van der Waals surface area contributed by atoms with Crippen molar-refractivity contribution in [1.29, 1.82) is 0 Å². The van der Waals surface area contributed by atoms with E-state index in [0.717, 1.165) is 50.2 Å². The Kier molecular flexibility index (Phi) is 6.10. The molecule has 5 heteroatoms. The maximum absolute atomic E-state index is 10.3. The predicted molar refractivity (Wildman–Crippen MR) is 98.7 cm³/mol. The van der Waals surface area contributed by atoms with Crippen molar-refractivity contribution in [2.24, 2.45) is 11.8 Å². The van der Waals surface area contributed by atoms with E-state index in [-0.39, 0.29) is 6.10 Å². The topological polar surface area (TPSA) is 62.1 Å². The summed E-state index contributed by atoms with van der Waals surface area (Å²) in [5.74, 6) is 1.67. The molecule has 0 amide bonds. The highest BCUT2D eigenvalue weighted by Crippen LogP contribution is 2.25. The molecule has 3 heterocycles. The van der Waals surface area contributed by atoms with E-state index < -0.39 is 0 Å². The molecule has 2 aromatic rings. The fraction of sp³-hybridized carbons (Fsp3) is 0.550. The molecule has 1 aliphatic heterocycles. The molecule has 0 aliphatic carbocycles. The van der Waals surface area contributed by atoms with Gasteiger partial charge in [-0.3, -0.25) is 9.88 Å². The molecule has 0 unspecified atom stereocenters. The Balaban J connectivity index is 1.51. The fourth-order valence-corrected chi connectivity index (χ4v) is 3.49. The maximum Gasteiger partial charge on any atom is 0.178 e. The molecule has 25 heavy (non-hydrogen) atoms. The Hall–Kier alpha value is -1.85. The van der Waals surface area contributed by atoms with Gasteiger partial charge in [0.25, 0.3) is 0 Å². The standard InChI is InChI=1S/C20H28N4O/c1-15(2)11-19(25)17-6-9-24(10-7-17)14-16-12-22-20(23-13-16)18-5-3-4-8-21-18/h3-5,8,12-13,15,17,19,25H,6-7,9-11,14H2,1-2H3/t19-/m0/s1. The van der Waals surface area contributed by atoms with Gasteiger partial charge in [-0.15, -0.1) is 0 Å². The quantitative estimate of drug-likeness (QED) is 0.875. The number of likely N-dealkylation sites (tertiary alicyclic amines) is 1. The Labute approximate surface area is 150 Å². The molecular weight excluding hydrogens is 312 g/mol. The van der Waals surface area contributed by atoms with Crippen LogP contribution < -0.4 is 0 Å². The average Bonchev–Trinajstić information content (AvgIpc) is 2.63. The summed E-state index contributed by atoms with van der Waals surface area (Å²) in [6.45, 7) is 7.28. The van der Waals surface area contributed by atoms with Gasteiger partial charge in [-0.25, -0.2) is 9.97 Å². The Morgan fingerprint density at radius 3 is 2.44 bits per heavy atom. The number of aliphatic hydroxyl groups is 1. The predicted octanol–water partition coefficient (Wildman–Crippen LogP) is 3.16. The average molecular weight is 340 g/mol. The Morgan fingerprint density at radius 2 is 1.84 bits per heavy atom. The Bertz CT molecular complexity index is 637. The molecule has 3 rings (SSSR count). The molecule has 5 nitrogen and oxygen atoms in total. The molecule has 1 atom stereocenters. The minimum atomic E-state index is -0.150. The molecule has 0 spiro atoms. The van der Waals surface area contributed by atoms with Gasteiger partial charge >= 0.3 is 0 Å². The van der Waals surface area contributed by atoms with Crippen LogP contribution in [0.3, 0.4) is 0 Å². The molecule has 0 aromatic carbocycles. The second-order valence-corrected chi connectivity index (χ2v) is 7.44. The molecule has 134 valence electrons. The lowest BCUT2D eigenvalue weighted by molar-refractivity contribution is 0.0436. The van der Waals surface area contributed by atoms with Gasteiger partial charge in [-0.05, 0) is 56.3 Å². The molecule has 0 bridgehead atoms. The van der Waals surface area contributed by atoms with Crippen LogP contribution in [0.5, 0.6) is 0 Å². The number of aromatic nitrogens is 3. The first-order chi connectivity index (χ1) is 12.1. The lowest BCUT2D eigenvalue weighted by Gasteiger charge is -2.34. The molecule has 0 radical (unpaired) electrons. The van der Waals surface area contributed by atoms with Crippen molar-refractivity contribution in [1.82, 2.24) is 19.9 Å². The van der Waals surface area contributed by atoms with Crippen molar-refractivity contribution in [2.75, 3.05) is 13.1 Å². The van der Waals surface area contributed by atoms with Crippen LogP contribution in [0.2, 0.25) is 0 Å². The van der Waals surface area contributed by atoms with Crippen LogP contribution in [0.4, 0.5) is 0 Å². The molecule has 1 saturated heterocycles. The van der Waals surface area contributed by atoms with Crippen molar-refractivity contribution in [3.8, 4) is 11.5 Å². The summed E-state index contributed by atoms with van der Waals surface area (Å²) in [6, 6.07) is 5.75. The highest BCUT2D eigenvalue weighted by atomic mass is 16.3. The van der Waals surface area contributed by atoms with Crippen LogP contribution in [0.1, 0.15) is 38.7 Å². The zero-order chi connectivity index (χ0) is 17.6. The number of piperidine rings is 1. The summed E-state index contributed by atoms with van der Waals surface area (Å²) in [5, 5.41) is 10.3. The molecular formula is C20H28N4O. The molecule has 1 aliphatic rings. The van der Waals surface area contributed by atoms with E-state index in [0.29, 0.717) is 17.7 Å². The minimum Gasteiger partial charge on any atom is -0.393 e. The van der Waals surface area contributed by atoms with Crippen LogP contribution >= 0.6 is 0 Å². The molecule has 1 fully saturated rings. The third kappa shape index (κ3) is 5.06.